The van der Waals surface area contributed by atoms with E-state index in [9.17, 15) is 0 Å². The summed E-state index contributed by atoms with van der Waals surface area (Å²) in [6.07, 6.45) is 2.85. The van der Waals surface area contributed by atoms with Gasteiger partial charge in [-0.25, -0.2) is 9.98 Å². The molecular weight excluding hydrogens is 459 g/mol. The molecule has 144 valence electrons. The van der Waals surface area contributed by atoms with Crippen molar-refractivity contribution in [2.75, 3.05) is 19.7 Å². The van der Waals surface area contributed by atoms with Crippen LogP contribution in [0.1, 0.15) is 31.2 Å². The number of nitrogens with one attached hydrogen (secondary N) is 2. The second kappa shape index (κ2) is 12.9. The number of hydrogen-bond donors (Lipinski definition) is 2. The molecule has 26 heavy (non-hydrogen) atoms. The second-order valence-corrected chi connectivity index (χ2v) is 6.93. The molecule has 1 unspecified atom stereocenters. The smallest absolute Gasteiger partial charge is 0.213 e. The van der Waals surface area contributed by atoms with Crippen molar-refractivity contribution in [3.05, 3.63) is 46.3 Å². The lowest BCUT2D eigenvalue weighted by Gasteiger charge is -2.15. The van der Waals surface area contributed by atoms with Gasteiger partial charge in [0.1, 0.15) is 0 Å². The van der Waals surface area contributed by atoms with Gasteiger partial charge in [0.15, 0.2) is 5.96 Å². The number of rotatable bonds is 9. The van der Waals surface area contributed by atoms with Crippen LogP contribution in [0.15, 0.2) is 40.8 Å². The standard InChI is InChI=1S/C19H28N4OS.HI/c1-4-20-19(22-13-15(3)11-17-7-6-10-25-17)23-14-16-8-9-21-18(12-16)24-5-2;/h6-10,12,15H,4-5,11,13-14H2,1-3H3,(H2,20,22,23);1H. The van der Waals surface area contributed by atoms with E-state index in [-0.39, 0.29) is 24.0 Å². The van der Waals surface area contributed by atoms with Crippen molar-refractivity contribution in [2.24, 2.45) is 10.9 Å². The van der Waals surface area contributed by atoms with Gasteiger partial charge in [0, 0.05) is 30.2 Å². The first-order chi connectivity index (χ1) is 12.2. The number of aromatic nitrogens is 1. The van der Waals surface area contributed by atoms with Crippen molar-refractivity contribution in [3.8, 4) is 5.88 Å². The van der Waals surface area contributed by atoms with Crippen LogP contribution in [0.4, 0.5) is 0 Å². The van der Waals surface area contributed by atoms with Crippen molar-refractivity contribution in [3.63, 3.8) is 0 Å². The maximum Gasteiger partial charge on any atom is 0.213 e. The van der Waals surface area contributed by atoms with Gasteiger partial charge in [-0.15, -0.1) is 35.3 Å². The van der Waals surface area contributed by atoms with Crippen molar-refractivity contribution in [1.82, 2.24) is 15.6 Å². The summed E-state index contributed by atoms with van der Waals surface area (Å²) in [6.45, 7) is 9.23. The Hall–Kier alpha value is -1.35. The highest BCUT2D eigenvalue weighted by Crippen LogP contribution is 2.14. The van der Waals surface area contributed by atoms with Gasteiger partial charge < -0.3 is 15.4 Å². The van der Waals surface area contributed by atoms with E-state index in [2.05, 4.69) is 52.0 Å². The minimum Gasteiger partial charge on any atom is -0.478 e. The highest BCUT2D eigenvalue weighted by Gasteiger charge is 2.06. The highest BCUT2D eigenvalue weighted by molar-refractivity contribution is 14.0. The van der Waals surface area contributed by atoms with Gasteiger partial charge in [-0.2, -0.15) is 0 Å². The van der Waals surface area contributed by atoms with E-state index >= 15 is 0 Å². The predicted octanol–water partition coefficient (Wildman–Crippen LogP) is 4.09. The Morgan fingerprint density at radius 2 is 2.15 bits per heavy atom. The van der Waals surface area contributed by atoms with Crippen LogP contribution in [0.25, 0.3) is 0 Å². The van der Waals surface area contributed by atoms with Gasteiger partial charge in [-0.1, -0.05) is 13.0 Å². The Balaban J connectivity index is 0.00000338. The first-order valence-electron chi connectivity index (χ1n) is 8.83. The Labute approximate surface area is 177 Å². The summed E-state index contributed by atoms with van der Waals surface area (Å²) in [4.78, 5) is 10.3. The fraction of sp³-hybridized carbons (Fsp3) is 0.474. The van der Waals surface area contributed by atoms with Gasteiger partial charge in [0.25, 0.3) is 0 Å². The molecule has 0 radical (unpaired) electrons. The number of thiophene rings is 1. The minimum atomic E-state index is 0. The van der Waals surface area contributed by atoms with E-state index in [1.807, 2.05) is 30.4 Å². The summed E-state index contributed by atoms with van der Waals surface area (Å²) in [5, 5.41) is 8.87. The zero-order valence-electron chi connectivity index (χ0n) is 15.7. The van der Waals surface area contributed by atoms with Gasteiger partial charge in [0.2, 0.25) is 5.88 Å². The Kier molecular flexibility index (Phi) is 11.3. The third kappa shape index (κ3) is 8.35. The van der Waals surface area contributed by atoms with Crippen molar-refractivity contribution >= 4 is 41.3 Å². The summed E-state index contributed by atoms with van der Waals surface area (Å²) in [6, 6.07) is 8.21. The third-order valence-electron chi connectivity index (χ3n) is 3.60. The number of pyridine rings is 1. The normalized spacial score (nSPS) is 12.2. The van der Waals surface area contributed by atoms with Crippen molar-refractivity contribution in [1.29, 1.82) is 0 Å². The van der Waals surface area contributed by atoms with E-state index in [0.29, 0.717) is 24.9 Å². The largest absolute Gasteiger partial charge is 0.478 e. The highest BCUT2D eigenvalue weighted by atomic mass is 127. The van der Waals surface area contributed by atoms with Crippen LogP contribution < -0.4 is 15.4 Å². The Morgan fingerprint density at radius 3 is 2.85 bits per heavy atom. The first-order valence-corrected chi connectivity index (χ1v) is 9.71. The van der Waals surface area contributed by atoms with Crippen molar-refractivity contribution < 1.29 is 4.74 Å². The fourth-order valence-electron chi connectivity index (χ4n) is 2.40. The number of ether oxygens (including phenoxy) is 1. The number of aliphatic imine (C=N–C) groups is 1. The van der Waals surface area contributed by atoms with E-state index in [1.54, 1.807) is 6.20 Å². The summed E-state index contributed by atoms with van der Waals surface area (Å²) in [5.41, 5.74) is 1.09. The molecule has 0 bridgehead atoms. The summed E-state index contributed by atoms with van der Waals surface area (Å²) >= 11 is 1.82. The zero-order valence-corrected chi connectivity index (χ0v) is 18.8. The van der Waals surface area contributed by atoms with Crippen LogP contribution >= 0.6 is 35.3 Å². The third-order valence-corrected chi connectivity index (χ3v) is 4.50. The van der Waals surface area contributed by atoms with Crippen LogP contribution in [-0.4, -0.2) is 30.6 Å². The number of hydrogen-bond acceptors (Lipinski definition) is 4. The molecule has 5 nitrogen and oxygen atoms in total. The molecule has 0 aromatic carbocycles. The molecule has 2 heterocycles. The summed E-state index contributed by atoms with van der Waals surface area (Å²) < 4.78 is 5.44. The van der Waals surface area contributed by atoms with E-state index in [1.165, 1.54) is 4.88 Å². The molecule has 0 saturated heterocycles. The molecule has 0 spiro atoms. The predicted molar refractivity (Wildman–Crippen MR) is 121 cm³/mol. The molecular formula is C19H29IN4OS. The molecule has 0 aliphatic heterocycles. The summed E-state index contributed by atoms with van der Waals surface area (Å²) in [5.74, 6) is 2.04. The van der Waals surface area contributed by atoms with Gasteiger partial charge >= 0.3 is 0 Å². The van der Waals surface area contributed by atoms with Crippen LogP contribution in [0.3, 0.4) is 0 Å². The molecule has 2 N–H and O–H groups in total. The zero-order chi connectivity index (χ0) is 17.9. The van der Waals surface area contributed by atoms with E-state index in [4.69, 9.17) is 4.74 Å². The average molecular weight is 488 g/mol. The molecule has 2 aromatic rings. The monoisotopic (exact) mass is 488 g/mol. The molecule has 1 atom stereocenters. The molecule has 2 rings (SSSR count). The molecule has 2 aromatic heterocycles. The van der Waals surface area contributed by atoms with Gasteiger partial charge in [-0.3, -0.25) is 0 Å². The number of nitrogens with zero attached hydrogens (tertiary/aromatic N) is 2. The maximum atomic E-state index is 5.44. The first kappa shape index (κ1) is 22.7. The van der Waals surface area contributed by atoms with Crippen LogP contribution in [0.5, 0.6) is 5.88 Å². The minimum absolute atomic E-state index is 0. The van der Waals surface area contributed by atoms with Crippen LogP contribution in [0.2, 0.25) is 0 Å². The Bertz CT molecular complexity index is 649. The topological polar surface area (TPSA) is 58.5 Å². The van der Waals surface area contributed by atoms with Crippen LogP contribution in [-0.2, 0) is 13.0 Å². The molecule has 7 heteroatoms. The average Bonchev–Trinajstić information content (AvgIpc) is 3.11. The van der Waals surface area contributed by atoms with E-state index < -0.39 is 0 Å². The number of halogens is 1. The van der Waals surface area contributed by atoms with Gasteiger partial charge in [-0.05, 0) is 49.3 Å². The fourth-order valence-corrected chi connectivity index (χ4v) is 3.27. The molecule has 0 saturated carbocycles. The lowest BCUT2D eigenvalue weighted by Crippen LogP contribution is -2.39. The Morgan fingerprint density at radius 1 is 1.31 bits per heavy atom. The molecule has 0 amide bonds. The second-order valence-electron chi connectivity index (χ2n) is 5.90. The van der Waals surface area contributed by atoms with E-state index in [0.717, 1.165) is 31.0 Å². The van der Waals surface area contributed by atoms with Gasteiger partial charge in [0.05, 0.1) is 13.2 Å². The SMILES string of the molecule is CCNC(=NCc1ccnc(OCC)c1)NCC(C)Cc1cccs1.I. The molecule has 0 fully saturated rings. The maximum absolute atomic E-state index is 5.44. The quantitative estimate of drug-likeness (QED) is 0.317. The van der Waals surface area contributed by atoms with Crippen LogP contribution in [0, 0.1) is 5.92 Å². The lowest BCUT2D eigenvalue weighted by molar-refractivity contribution is 0.326. The molecule has 0 aliphatic carbocycles. The van der Waals surface area contributed by atoms with Crippen molar-refractivity contribution in [2.45, 2.75) is 33.7 Å². The molecule has 0 aliphatic rings. The summed E-state index contributed by atoms with van der Waals surface area (Å²) in [7, 11) is 0. The lowest BCUT2D eigenvalue weighted by atomic mass is 10.1. The number of guanidine groups is 1.